The van der Waals surface area contributed by atoms with Crippen molar-refractivity contribution in [1.82, 2.24) is 10.6 Å². The van der Waals surface area contributed by atoms with Crippen molar-refractivity contribution in [2.75, 3.05) is 32.8 Å². The van der Waals surface area contributed by atoms with Crippen LogP contribution in [0.3, 0.4) is 0 Å². The molecule has 3 aliphatic heterocycles. The predicted molar refractivity (Wildman–Crippen MR) is 222 cm³/mol. The van der Waals surface area contributed by atoms with Gasteiger partial charge in [0.05, 0.1) is 36.9 Å². The highest BCUT2D eigenvalue weighted by molar-refractivity contribution is 5.82. The van der Waals surface area contributed by atoms with Gasteiger partial charge in [0.15, 0.2) is 30.8 Å². The molecule has 3 saturated heterocycles. The number of nitrogens with two attached hydrogens (primary N) is 10. The number of ether oxygens (including phenoxy) is 6. The Kier molecular flexibility index (Phi) is 20.4. The van der Waals surface area contributed by atoms with E-state index in [0.29, 0.717) is 12.8 Å². The molecule has 21 atom stereocenters. The van der Waals surface area contributed by atoms with Crippen molar-refractivity contribution in [3.63, 3.8) is 0 Å². The molecule has 0 bridgehead atoms. The van der Waals surface area contributed by atoms with E-state index in [1.54, 1.807) is 0 Å². The van der Waals surface area contributed by atoms with Crippen LogP contribution in [0.15, 0.2) is 9.98 Å². The van der Waals surface area contributed by atoms with Crippen LogP contribution in [0.5, 0.6) is 0 Å². The third kappa shape index (κ3) is 13.9. The van der Waals surface area contributed by atoms with E-state index < -0.39 is 147 Å². The molecule has 2 amide bonds. The third-order valence-electron chi connectivity index (χ3n) is 11.5. The van der Waals surface area contributed by atoms with Crippen LogP contribution in [0.2, 0.25) is 0 Å². The fraction of sp³-hybridized carbons (Fsp3) is 0.886. The number of carbonyl (C=O) groups excluding carboxylic acids is 2. The number of guanidine groups is 2. The molecule has 370 valence electrons. The molecule has 0 aromatic rings. The second-order valence-electron chi connectivity index (χ2n) is 16.4. The molecule has 4 aliphatic rings. The molecule has 29 heteroatoms. The zero-order valence-electron chi connectivity index (χ0n) is 35.3. The lowest BCUT2D eigenvalue weighted by Gasteiger charge is -2.47. The SMILES string of the molecule is NC(N)=NCCC[C@H](N)C(=O)NC[C@@H]1OC(O[C@H]2[C@@H](O)[C@H](O[C@@H]3[C@@H](O)[C@H](N)C[C@H](N)[C@H]3O[C@H]3O[C@H](CNC(=O)[C@@H](N)CCCN=C(N)N)[C@@H](O)[C@H](O)[C@H]3N)O[C@@H]2CO)[C@H](N)[C@@H](O)[C@@H]1O. The van der Waals surface area contributed by atoms with Crippen molar-refractivity contribution < 1.29 is 73.8 Å². The lowest BCUT2D eigenvalue weighted by Crippen LogP contribution is -2.68. The third-order valence-corrected chi connectivity index (χ3v) is 11.5. The summed E-state index contributed by atoms with van der Waals surface area (Å²) in [6, 6.07) is -6.71. The highest BCUT2D eigenvalue weighted by atomic mass is 16.8. The molecule has 64 heavy (non-hydrogen) atoms. The van der Waals surface area contributed by atoms with Gasteiger partial charge >= 0.3 is 0 Å². The average Bonchev–Trinajstić information content (AvgIpc) is 3.55. The number of hydrogen-bond acceptors (Lipinski definition) is 23. The number of aliphatic imine (C=N–C) groups is 2. The molecule has 3 heterocycles. The molecule has 4 fully saturated rings. The molecule has 29 nitrogen and oxygen atoms in total. The summed E-state index contributed by atoms with van der Waals surface area (Å²) in [5.74, 6) is -1.40. The van der Waals surface area contributed by atoms with Gasteiger partial charge in [-0.25, -0.2) is 0 Å². The zero-order valence-corrected chi connectivity index (χ0v) is 35.3. The zero-order chi connectivity index (χ0) is 47.6. The first-order valence-electron chi connectivity index (χ1n) is 21.0. The van der Waals surface area contributed by atoms with Crippen LogP contribution in [-0.4, -0.2) is 221 Å². The number of aliphatic hydroxyl groups is 7. The molecule has 1 saturated carbocycles. The van der Waals surface area contributed by atoms with E-state index in [-0.39, 0.29) is 57.4 Å². The van der Waals surface area contributed by atoms with Crippen molar-refractivity contribution in [1.29, 1.82) is 0 Å². The first-order valence-corrected chi connectivity index (χ1v) is 21.0. The minimum absolute atomic E-state index is 0.0173. The van der Waals surface area contributed by atoms with Gasteiger partial charge in [-0.2, -0.15) is 0 Å². The van der Waals surface area contributed by atoms with Crippen molar-refractivity contribution in [2.24, 2.45) is 67.3 Å². The minimum Gasteiger partial charge on any atom is -0.394 e. The van der Waals surface area contributed by atoms with Gasteiger partial charge in [-0.15, -0.1) is 0 Å². The van der Waals surface area contributed by atoms with Crippen LogP contribution in [-0.2, 0) is 38.0 Å². The summed E-state index contributed by atoms with van der Waals surface area (Å²) in [7, 11) is 0. The summed E-state index contributed by atoms with van der Waals surface area (Å²) in [5.41, 5.74) is 58.2. The van der Waals surface area contributed by atoms with Crippen molar-refractivity contribution in [3.05, 3.63) is 0 Å². The highest BCUT2D eigenvalue weighted by Gasteiger charge is 2.54. The minimum atomic E-state index is -1.76. The molecule has 1 unspecified atom stereocenters. The van der Waals surface area contributed by atoms with Crippen LogP contribution in [0.25, 0.3) is 0 Å². The second kappa shape index (κ2) is 24.5. The van der Waals surface area contributed by atoms with E-state index in [4.69, 9.17) is 85.8 Å². The molecule has 29 N–H and O–H groups in total. The predicted octanol–water partition coefficient (Wildman–Crippen LogP) is -11.8. The number of amides is 2. The Morgan fingerprint density at radius 1 is 0.578 bits per heavy atom. The van der Waals surface area contributed by atoms with Crippen molar-refractivity contribution in [2.45, 2.75) is 160 Å². The molecule has 1 aliphatic carbocycles. The van der Waals surface area contributed by atoms with Crippen LogP contribution in [0.4, 0.5) is 0 Å². The smallest absolute Gasteiger partial charge is 0.237 e. The maximum Gasteiger partial charge on any atom is 0.237 e. The maximum absolute atomic E-state index is 12.7. The van der Waals surface area contributed by atoms with Crippen molar-refractivity contribution in [3.8, 4) is 0 Å². The molecule has 0 aromatic carbocycles. The van der Waals surface area contributed by atoms with E-state index in [2.05, 4.69) is 20.6 Å². The lowest BCUT2D eigenvalue weighted by molar-refractivity contribution is -0.307. The number of carbonyl (C=O) groups is 2. The van der Waals surface area contributed by atoms with E-state index in [1.807, 2.05) is 0 Å². The average molecular weight is 927 g/mol. The van der Waals surface area contributed by atoms with Crippen LogP contribution < -0.4 is 68.0 Å². The van der Waals surface area contributed by atoms with Gasteiger partial charge in [0.1, 0.15) is 67.1 Å². The second-order valence-corrected chi connectivity index (χ2v) is 16.4. The lowest BCUT2D eigenvalue weighted by atomic mass is 9.84. The molecule has 0 radical (unpaired) electrons. The molecule has 0 spiro atoms. The molecule has 4 rings (SSSR count). The Morgan fingerprint density at radius 2 is 1.00 bits per heavy atom. The van der Waals surface area contributed by atoms with Gasteiger partial charge in [-0.3, -0.25) is 19.6 Å². The number of aliphatic hydroxyl groups excluding tert-OH is 7. The number of nitrogens with one attached hydrogen (secondary N) is 2. The van der Waals surface area contributed by atoms with Crippen LogP contribution >= 0.6 is 0 Å². The Bertz CT molecular complexity index is 1540. The van der Waals surface area contributed by atoms with E-state index >= 15 is 0 Å². The number of hydrogen-bond donors (Lipinski definition) is 19. The highest BCUT2D eigenvalue weighted by Crippen LogP contribution is 2.34. The van der Waals surface area contributed by atoms with Crippen LogP contribution in [0, 0.1) is 0 Å². The normalized spacial score (nSPS) is 39.9. The molecular formula is C35H70N14O15. The van der Waals surface area contributed by atoms with Gasteiger partial charge in [0.25, 0.3) is 0 Å². The summed E-state index contributed by atoms with van der Waals surface area (Å²) in [4.78, 5) is 33.0. The first-order chi connectivity index (χ1) is 30.2. The van der Waals surface area contributed by atoms with Gasteiger partial charge in [0, 0.05) is 38.3 Å². The first kappa shape index (κ1) is 53.3. The summed E-state index contributed by atoms with van der Waals surface area (Å²) in [5, 5.41) is 81.3. The summed E-state index contributed by atoms with van der Waals surface area (Å²) < 4.78 is 35.7. The Balaban J connectivity index is 1.41. The van der Waals surface area contributed by atoms with Gasteiger partial charge in [-0.05, 0) is 32.1 Å². The van der Waals surface area contributed by atoms with Crippen LogP contribution in [0.1, 0.15) is 32.1 Å². The Morgan fingerprint density at radius 3 is 1.44 bits per heavy atom. The quantitative estimate of drug-likeness (QED) is 0.0289. The summed E-state index contributed by atoms with van der Waals surface area (Å²) in [6.07, 6.45) is -21.5. The van der Waals surface area contributed by atoms with E-state index in [9.17, 15) is 45.3 Å². The van der Waals surface area contributed by atoms with E-state index in [1.165, 1.54) is 0 Å². The number of nitrogens with zero attached hydrogens (tertiary/aromatic N) is 2. The monoisotopic (exact) mass is 927 g/mol. The maximum atomic E-state index is 12.7. The summed E-state index contributed by atoms with van der Waals surface area (Å²) in [6.45, 7) is -0.938. The fourth-order valence-corrected chi connectivity index (χ4v) is 7.66. The fourth-order valence-electron chi connectivity index (χ4n) is 7.66. The van der Waals surface area contributed by atoms with Gasteiger partial charge in [-0.1, -0.05) is 0 Å². The largest absolute Gasteiger partial charge is 0.394 e. The number of rotatable bonds is 21. The topological polar surface area (TPSA) is 540 Å². The standard InChI is InChI=1S/C35H70N14O15/c36-11(3-1-5-46-34(42)43)29(57)48-8-15-21(52)23(54)18(40)31(59-15)62-26-14(39)7-13(38)20(51)28(26)64-33-25(56)27(17(10-50)61-33)63-32-19(41)24(55)22(53)16(60-32)9-49-30(58)12(37)4-2-6-47-35(44)45/h11-28,31-33,50-56H,1-10,36-41H2,(H,48,57)(H,49,58)(H4,42,43,46)(H4,44,45,47)/t11-,12-,13+,14-,15+,16-,17+,18+,19+,20-,21+,22+,23+,24+,25+,26+,27+,28+,31+,32?,33-/m0/s1. The molecule has 0 aromatic heterocycles. The molecular weight excluding hydrogens is 856 g/mol. The van der Waals surface area contributed by atoms with Gasteiger partial charge < -0.3 is 132 Å². The Hall–Kier alpha value is -3.28. The Labute approximate surface area is 368 Å². The van der Waals surface area contributed by atoms with Crippen molar-refractivity contribution >= 4 is 23.7 Å². The van der Waals surface area contributed by atoms with Gasteiger partial charge in [0.2, 0.25) is 11.8 Å². The van der Waals surface area contributed by atoms with E-state index in [0.717, 1.165) is 0 Å². The summed E-state index contributed by atoms with van der Waals surface area (Å²) >= 11 is 0.